The van der Waals surface area contributed by atoms with Gasteiger partial charge in [-0.25, -0.2) is 4.79 Å². The molecule has 0 bridgehead atoms. The van der Waals surface area contributed by atoms with E-state index >= 15 is 0 Å². The Bertz CT molecular complexity index is 689. The third-order valence-corrected chi connectivity index (χ3v) is 5.80. The zero-order valence-corrected chi connectivity index (χ0v) is 15.1. The van der Waals surface area contributed by atoms with E-state index in [1.165, 1.54) is 0 Å². The van der Waals surface area contributed by atoms with Crippen LogP contribution in [-0.4, -0.2) is 28.4 Å². The average Bonchev–Trinajstić information content (AvgIpc) is 2.75. The molecule has 6 nitrogen and oxygen atoms in total. The first-order chi connectivity index (χ1) is 10.9. The van der Waals surface area contributed by atoms with Crippen molar-refractivity contribution in [2.75, 3.05) is 0 Å². The molecule has 1 heterocycles. The topological polar surface area (TPSA) is 78.5 Å². The lowest BCUT2D eigenvalue weighted by molar-refractivity contribution is -0.134. The molecule has 1 aliphatic carbocycles. The molecular weight excluding hydrogens is 433 g/mol. The zero-order valence-electron chi connectivity index (χ0n) is 12.2. The molecule has 0 radical (unpaired) electrons. The maximum atomic E-state index is 12.6. The fourth-order valence-electron chi connectivity index (χ4n) is 3.02. The number of hydrogen-bond donors (Lipinski definition) is 2. The minimum atomic E-state index is -0.850. The smallest absolute Gasteiger partial charge is 0.322 e. The van der Waals surface area contributed by atoms with Gasteiger partial charge in [-0.2, -0.15) is 5.01 Å². The summed E-state index contributed by atoms with van der Waals surface area (Å²) in [6.45, 7) is 0. The van der Waals surface area contributed by atoms with E-state index in [1.54, 1.807) is 18.2 Å². The monoisotopic (exact) mass is 447 g/mol. The minimum Gasteiger partial charge on any atom is -0.322 e. The summed E-state index contributed by atoms with van der Waals surface area (Å²) < 4.78 is 0.720. The molecule has 2 aliphatic rings. The summed E-state index contributed by atoms with van der Waals surface area (Å²) in [6, 6.07) is 4.18. The van der Waals surface area contributed by atoms with Crippen LogP contribution in [0.2, 0.25) is 5.02 Å². The summed E-state index contributed by atoms with van der Waals surface area (Å²) in [6.07, 6.45) is 4.07. The number of carbonyl (C=O) groups is 3. The number of rotatable bonds is 2. The number of halogens is 2. The molecule has 0 aromatic heterocycles. The lowest BCUT2D eigenvalue weighted by atomic mass is 9.82. The number of imide groups is 1. The predicted octanol–water partition coefficient (Wildman–Crippen LogP) is 2.84. The van der Waals surface area contributed by atoms with Crippen molar-refractivity contribution < 1.29 is 14.4 Å². The maximum Gasteiger partial charge on any atom is 0.344 e. The van der Waals surface area contributed by atoms with Crippen LogP contribution in [0.3, 0.4) is 0 Å². The second kappa shape index (κ2) is 6.27. The molecule has 1 saturated heterocycles. The number of hydrazine groups is 1. The summed E-state index contributed by atoms with van der Waals surface area (Å²) in [7, 11) is 0. The normalized spacial score (nSPS) is 19.8. The molecule has 0 atom stereocenters. The van der Waals surface area contributed by atoms with E-state index in [9.17, 15) is 14.4 Å². The Morgan fingerprint density at radius 3 is 2.61 bits per heavy atom. The molecular formula is C15H15ClIN3O3. The van der Waals surface area contributed by atoms with Crippen molar-refractivity contribution in [2.45, 2.75) is 37.6 Å². The molecule has 23 heavy (non-hydrogen) atoms. The number of hydrogen-bond acceptors (Lipinski definition) is 3. The summed E-state index contributed by atoms with van der Waals surface area (Å²) >= 11 is 7.95. The standard InChI is InChI=1S/C15H15ClIN3O3/c16-10-5-4-9(8-11(10)17)12(21)19-20-13(22)15(18-14(20)23)6-2-1-3-7-15/h4-5,8H,1-3,6-7H2,(H,18,23)(H,19,21). The largest absolute Gasteiger partial charge is 0.344 e. The lowest BCUT2D eigenvalue weighted by Gasteiger charge is -2.30. The van der Waals surface area contributed by atoms with E-state index in [1.807, 2.05) is 22.6 Å². The first-order valence-corrected chi connectivity index (χ1v) is 8.81. The number of nitrogens with one attached hydrogen (secondary N) is 2. The highest BCUT2D eigenvalue weighted by atomic mass is 127. The highest BCUT2D eigenvalue weighted by Crippen LogP contribution is 2.33. The van der Waals surface area contributed by atoms with Crippen LogP contribution in [0.4, 0.5) is 4.79 Å². The predicted molar refractivity (Wildman–Crippen MR) is 92.8 cm³/mol. The van der Waals surface area contributed by atoms with Gasteiger partial charge in [-0.3, -0.25) is 15.0 Å². The van der Waals surface area contributed by atoms with Crippen molar-refractivity contribution in [1.29, 1.82) is 0 Å². The van der Waals surface area contributed by atoms with Gasteiger partial charge < -0.3 is 5.32 Å². The van der Waals surface area contributed by atoms with E-state index < -0.39 is 17.5 Å². The lowest BCUT2D eigenvalue weighted by Crippen LogP contribution is -2.50. The van der Waals surface area contributed by atoms with Gasteiger partial charge in [-0.1, -0.05) is 30.9 Å². The molecule has 4 amide bonds. The van der Waals surface area contributed by atoms with Gasteiger partial charge in [0.05, 0.1) is 5.02 Å². The molecule has 122 valence electrons. The first-order valence-electron chi connectivity index (χ1n) is 7.36. The second-order valence-corrected chi connectivity index (χ2v) is 7.35. The third-order valence-electron chi connectivity index (χ3n) is 4.26. The van der Waals surface area contributed by atoms with Crippen molar-refractivity contribution in [2.24, 2.45) is 0 Å². The third kappa shape index (κ3) is 3.03. The van der Waals surface area contributed by atoms with Gasteiger partial charge in [0, 0.05) is 9.13 Å². The Labute approximate surface area is 152 Å². The van der Waals surface area contributed by atoms with Crippen LogP contribution in [0.5, 0.6) is 0 Å². The van der Waals surface area contributed by atoms with E-state index in [0.717, 1.165) is 27.8 Å². The molecule has 1 saturated carbocycles. The Morgan fingerprint density at radius 1 is 1.26 bits per heavy atom. The fraction of sp³-hybridized carbons (Fsp3) is 0.400. The molecule has 1 aromatic rings. The van der Waals surface area contributed by atoms with Gasteiger partial charge in [-0.15, -0.1) is 0 Å². The highest BCUT2D eigenvalue weighted by molar-refractivity contribution is 14.1. The van der Waals surface area contributed by atoms with Gasteiger partial charge in [0.2, 0.25) is 0 Å². The number of carbonyl (C=O) groups excluding carboxylic acids is 3. The van der Waals surface area contributed by atoms with Crippen LogP contribution in [0, 0.1) is 3.57 Å². The van der Waals surface area contributed by atoms with Crippen LogP contribution in [0.1, 0.15) is 42.5 Å². The molecule has 1 spiro atoms. The quantitative estimate of drug-likeness (QED) is 0.541. The van der Waals surface area contributed by atoms with Crippen LogP contribution < -0.4 is 10.7 Å². The van der Waals surface area contributed by atoms with Gasteiger partial charge in [0.15, 0.2) is 0 Å². The van der Waals surface area contributed by atoms with Crippen molar-refractivity contribution in [3.63, 3.8) is 0 Å². The zero-order chi connectivity index (χ0) is 16.6. The van der Waals surface area contributed by atoms with E-state index in [2.05, 4.69) is 10.7 Å². The maximum absolute atomic E-state index is 12.6. The summed E-state index contributed by atoms with van der Waals surface area (Å²) in [5, 5.41) is 4.09. The van der Waals surface area contributed by atoms with Gasteiger partial charge in [-0.05, 0) is 53.6 Å². The number of amides is 4. The van der Waals surface area contributed by atoms with Crippen LogP contribution in [0.25, 0.3) is 0 Å². The SMILES string of the molecule is O=C(NN1C(=O)NC2(CCCCC2)C1=O)c1ccc(Cl)c(I)c1. The second-order valence-electron chi connectivity index (χ2n) is 5.78. The van der Waals surface area contributed by atoms with Gasteiger partial charge >= 0.3 is 6.03 Å². The molecule has 1 aromatic carbocycles. The Morgan fingerprint density at radius 2 is 1.96 bits per heavy atom. The van der Waals surface area contributed by atoms with Gasteiger partial charge in [0.1, 0.15) is 5.54 Å². The van der Waals surface area contributed by atoms with Crippen LogP contribution >= 0.6 is 34.2 Å². The number of nitrogens with zero attached hydrogens (tertiary/aromatic N) is 1. The van der Waals surface area contributed by atoms with Crippen LogP contribution in [0.15, 0.2) is 18.2 Å². The molecule has 1 aliphatic heterocycles. The number of urea groups is 1. The van der Waals surface area contributed by atoms with Crippen molar-refractivity contribution in [3.8, 4) is 0 Å². The van der Waals surface area contributed by atoms with Crippen molar-refractivity contribution in [1.82, 2.24) is 15.8 Å². The summed E-state index contributed by atoms with van der Waals surface area (Å²) in [5.41, 5.74) is 1.89. The molecule has 2 N–H and O–H groups in total. The van der Waals surface area contributed by atoms with E-state index in [4.69, 9.17) is 11.6 Å². The fourth-order valence-corrected chi connectivity index (χ4v) is 3.65. The average molecular weight is 448 g/mol. The molecule has 2 fully saturated rings. The summed E-state index contributed by atoms with van der Waals surface area (Å²) in [5.74, 6) is -0.893. The Balaban J connectivity index is 1.76. The van der Waals surface area contributed by atoms with Crippen LogP contribution in [-0.2, 0) is 4.79 Å². The Kier molecular flexibility index (Phi) is 4.50. The summed E-state index contributed by atoms with van der Waals surface area (Å²) in [4.78, 5) is 37.0. The molecule has 8 heteroatoms. The van der Waals surface area contributed by atoms with E-state index in [-0.39, 0.29) is 5.91 Å². The highest BCUT2D eigenvalue weighted by Gasteiger charge is 2.52. The molecule has 0 unspecified atom stereocenters. The Hall–Kier alpha value is -1.35. The van der Waals surface area contributed by atoms with Crippen molar-refractivity contribution >= 4 is 52.0 Å². The molecule has 3 rings (SSSR count). The van der Waals surface area contributed by atoms with Crippen molar-refractivity contribution in [3.05, 3.63) is 32.4 Å². The van der Waals surface area contributed by atoms with E-state index in [0.29, 0.717) is 23.4 Å². The first kappa shape index (κ1) is 16.5. The van der Waals surface area contributed by atoms with Gasteiger partial charge in [0.25, 0.3) is 11.8 Å². The number of benzene rings is 1. The minimum absolute atomic E-state index is 0.337.